The van der Waals surface area contributed by atoms with Gasteiger partial charge in [0.1, 0.15) is 5.75 Å². The Kier molecular flexibility index (Phi) is 5.87. The minimum Gasteiger partial charge on any atom is -0.506 e. The fourth-order valence-corrected chi connectivity index (χ4v) is 2.09. The van der Waals surface area contributed by atoms with Crippen molar-refractivity contribution >= 4 is 29.9 Å². The highest BCUT2D eigenvalue weighted by Gasteiger charge is 2.24. The van der Waals surface area contributed by atoms with E-state index >= 15 is 0 Å². The molecule has 1 heterocycles. The smallest absolute Gasteiger partial charge is 0.251 e. The molecule has 5 nitrogen and oxygen atoms in total. The Hall–Kier alpha value is -1.01. The zero-order valence-electron chi connectivity index (χ0n) is 10.1. The number of hydrogen-bond donors (Lipinski definition) is 4. The number of β-amino-alcohol motifs (C(OH)–C–C–N with tert-alkyl or cyclic N) is 1. The van der Waals surface area contributed by atoms with Gasteiger partial charge < -0.3 is 20.8 Å². The van der Waals surface area contributed by atoms with Gasteiger partial charge in [0.2, 0.25) is 0 Å². The SMILES string of the molecule is Cl.O=C(N[C@@H]1CCNC[C@H]1O)c1ccc(O)c(Cl)c1. The van der Waals surface area contributed by atoms with Crippen LogP contribution in [0.1, 0.15) is 16.8 Å². The van der Waals surface area contributed by atoms with Gasteiger partial charge >= 0.3 is 0 Å². The van der Waals surface area contributed by atoms with Crippen molar-refractivity contribution in [2.24, 2.45) is 0 Å². The van der Waals surface area contributed by atoms with Crippen LogP contribution in [0.3, 0.4) is 0 Å². The standard InChI is InChI=1S/C12H15ClN2O3.ClH/c13-8-5-7(1-2-10(8)16)12(18)15-9-3-4-14-6-11(9)17;/h1-2,5,9,11,14,16-17H,3-4,6H2,(H,15,18);1H/t9-,11-;/m1./s1. The van der Waals surface area contributed by atoms with Gasteiger partial charge in [-0.3, -0.25) is 4.79 Å². The molecule has 1 aromatic rings. The number of amides is 1. The molecule has 0 radical (unpaired) electrons. The molecule has 1 aliphatic heterocycles. The van der Waals surface area contributed by atoms with E-state index in [1.165, 1.54) is 18.2 Å². The number of halogens is 2. The van der Waals surface area contributed by atoms with Crippen LogP contribution in [-0.4, -0.2) is 41.4 Å². The minimum atomic E-state index is -0.588. The lowest BCUT2D eigenvalue weighted by atomic mass is 10.0. The number of nitrogens with one attached hydrogen (secondary N) is 2. The minimum absolute atomic E-state index is 0. The molecule has 0 unspecified atom stereocenters. The number of aliphatic hydroxyl groups excluding tert-OH is 1. The molecule has 1 fully saturated rings. The summed E-state index contributed by atoms with van der Waals surface area (Å²) in [6, 6.07) is 4.01. The van der Waals surface area contributed by atoms with E-state index in [1.54, 1.807) is 0 Å². The van der Waals surface area contributed by atoms with Crippen LogP contribution in [0, 0.1) is 0 Å². The maximum absolute atomic E-state index is 11.9. The Morgan fingerprint density at radius 2 is 2.21 bits per heavy atom. The first-order valence-electron chi connectivity index (χ1n) is 5.76. The Balaban J connectivity index is 0.00000180. The molecule has 2 atom stereocenters. The van der Waals surface area contributed by atoms with Gasteiger partial charge in [0.25, 0.3) is 5.91 Å². The van der Waals surface area contributed by atoms with Gasteiger partial charge in [-0.2, -0.15) is 0 Å². The second-order valence-corrected chi connectivity index (χ2v) is 4.71. The zero-order chi connectivity index (χ0) is 13.1. The fraction of sp³-hybridized carbons (Fsp3) is 0.417. The molecule has 1 aromatic carbocycles. The van der Waals surface area contributed by atoms with Crippen molar-refractivity contribution in [3.8, 4) is 5.75 Å². The Morgan fingerprint density at radius 3 is 2.84 bits per heavy atom. The second-order valence-electron chi connectivity index (χ2n) is 4.31. The average Bonchev–Trinajstić information content (AvgIpc) is 2.35. The maximum Gasteiger partial charge on any atom is 0.251 e. The van der Waals surface area contributed by atoms with Crippen molar-refractivity contribution in [1.82, 2.24) is 10.6 Å². The van der Waals surface area contributed by atoms with E-state index in [2.05, 4.69) is 10.6 Å². The summed E-state index contributed by atoms with van der Waals surface area (Å²) in [6.45, 7) is 1.24. The summed E-state index contributed by atoms with van der Waals surface area (Å²) in [6.07, 6.45) is 0.0916. The molecule has 0 aliphatic carbocycles. The predicted octanol–water partition coefficient (Wildman–Crippen LogP) is 0.920. The molecule has 7 heteroatoms. The first-order chi connectivity index (χ1) is 8.58. The van der Waals surface area contributed by atoms with Crippen LogP contribution in [0.15, 0.2) is 18.2 Å². The Bertz CT molecular complexity index is 457. The summed E-state index contributed by atoms with van der Waals surface area (Å²) in [5, 5.41) is 24.9. The third-order valence-electron chi connectivity index (χ3n) is 2.98. The monoisotopic (exact) mass is 306 g/mol. The van der Waals surface area contributed by atoms with Gasteiger partial charge in [-0.15, -0.1) is 12.4 Å². The molecule has 0 spiro atoms. The lowest BCUT2D eigenvalue weighted by Crippen LogP contribution is -2.52. The van der Waals surface area contributed by atoms with Crippen LogP contribution in [0.25, 0.3) is 0 Å². The number of phenolic OH excluding ortho intramolecular Hbond substituents is 1. The summed E-state index contributed by atoms with van der Waals surface area (Å²) >= 11 is 5.74. The van der Waals surface area contributed by atoms with Crippen LogP contribution < -0.4 is 10.6 Å². The molecule has 1 amide bonds. The number of phenols is 1. The Morgan fingerprint density at radius 1 is 1.47 bits per heavy atom. The molecule has 1 saturated heterocycles. The lowest BCUT2D eigenvalue weighted by molar-refractivity contribution is 0.0765. The van der Waals surface area contributed by atoms with E-state index < -0.39 is 6.10 Å². The second kappa shape index (κ2) is 6.96. The van der Waals surface area contributed by atoms with Crippen molar-refractivity contribution in [2.45, 2.75) is 18.6 Å². The first kappa shape index (κ1) is 16.0. The molecule has 19 heavy (non-hydrogen) atoms. The molecule has 0 aromatic heterocycles. The molecule has 0 saturated carbocycles. The van der Waals surface area contributed by atoms with Gasteiger partial charge in [0.15, 0.2) is 0 Å². The zero-order valence-corrected chi connectivity index (χ0v) is 11.7. The van der Waals surface area contributed by atoms with E-state index in [-0.39, 0.29) is 35.1 Å². The van der Waals surface area contributed by atoms with Crippen LogP contribution in [0.5, 0.6) is 5.75 Å². The number of hydrogen-bond acceptors (Lipinski definition) is 4. The number of carbonyl (C=O) groups excluding carboxylic acids is 1. The molecule has 0 bridgehead atoms. The molecular weight excluding hydrogens is 291 g/mol. The first-order valence-corrected chi connectivity index (χ1v) is 6.14. The summed E-state index contributed by atoms with van der Waals surface area (Å²) < 4.78 is 0. The number of carbonyl (C=O) groups is 1. The summed E-state index contributed by atoms with van der Waals surface area (Å²) in [7, 11) is 0. The van der Waals surface area contributed by atoms with E-state index in [4.69, 9.17) is 11.6 Å². The highest BCUT2D eigenvalue weighted by atomic mass is 35.5. The quantitative estimate of drug-likeness (QED) is 0.655. The van der Waals surface area contributed by atoms with Gasteiger partial charge in [-0.1, -0.05) is 11.6 Å². The summed E-state index contributed by atoms with van der Waals surface area (Å²) in [5.41, 5.74) is 0.364. The van der Waals surface area contributed by atoms with Crippen molar-refractivity contribution in [3.05, 3.63) is 28.8 Å². The highest BCUT2D eigenvalue weighted by Crippen LogP contribution is 2.23. The van der Waals surface area contributed by atoms with Gasteiger partial charge in [-0.05, 0) is 31.2 Å². The van der Waals surface area contributed by atoms with Crippen LogP contribution in [0.2, 0.25) is 5.02 Å². The number of rotatable bonds is 2. The molecule has 1 aliphatic rings. The highest BCUT2D eigenvalue weighted by molar-refractivity contribution is 6.32. The largest absolute Gasteiger partial charge is 0.506 e. The van der Waals surface area contributed by atoms with E-state index in [0.29, 0.717) is 18.5 Å². The normalized spacial score (nSPS) is 22.4. The fourth-order valence-electron chi connectivity index (χ4n) is 1.91. The third kappa shape index (κ3) is 3.98. The number of piperidine rings is 1. The third-order valence-corrected chi connectivity index (χ3v) is 3.28. The van der Waals surface area contributed by atoms with Gasteiger partial charge in [0.05, 0.1) is 17.2 Å². The molecule has 2 rings (SSSR count). The number of aliphatic hydroxyl groups is 1. The van der Waals surface area contributed by atoms with Crippen LogP contribution in [0.4, 0.5) is 0 Å². The molecule has 106 valence electrons. The lowest BCUT2D eigenvalue weighted by Gasteiger charge is -2.29. The van der Waals surface area contributed by atoms with E-state index in [9.17, 15) is 15.0 Å². The Labute approximate surface area is 122 Å². The average molecular weight is 307 g/mol. The van der Waals surface area contributed by atoms with Crippen molar-refractivity contribution in [1.29, 1.82) is 0 Å². The predicted molar refractivity (Wildman–Crippen MR) is 75.1 cm³/mol. The molecular formula is C12H16Cl2N2O3. The number of aromatic hydroxyl groups is 1. The van der Waals surface area contributed by atoms with Crippen LogP contribution in [-0.2, 0) is 0 Å². The van der Waals surface area contributed by atoms with E-state index in [0.717, 1.165) is 6.54 Å². The van der Waals surface area contributed by atoms with Gasteiger partial charge in [0, 0.05) is 12.1 Å². The van der Waals surface area contributed by atoms with E-state index in [1.807, 2.05) is 0 Å². The summed E-state index contributed by atoms with van der Waals surface area (Å²) in [4.78, 5) is 11.9. The van der Waals surface area contributed by atoms with Crippen molar-refractivity contribution < 1.29 is 15.0 Å². The summed E-state index contributed by atoms with van der Waals surface area (Å²) in [5.74, 6) is -0.363. The van der Waals surface area contributed by atoms with Crippen LogP contribution >= 0.6 is 24.0 Å². The topological polar surface area (TPSA) is 81.6 Å². The number of benzene rings is 1. The van der Waals surface area contributed by atoms with Crippen molar-refractivity contribution in [3.63, 3.8) is 0 Å². The van der Waals surface area contributed by atoms with Crippen molar-refractivity contribution in [2.75, 3.05) is 13.1 Å². The van der Waals surface area contributed by atoms with Gasteiger partial charge in [-0.25, -0.2) is 0 Å². The maximum atomic E-state index is 11.9. The molecule has 4 N–H and O–H groups in total.